The third-order valence-electron chi connectivity index (χ3n) is 6.57. The van der Waals surface area contributed by atoms with Crippen molar-refractivity contribution in [2.45, 2.75) is 57.2 Å². The summed E-state index contributed by atoms with van der Waals surface area (Å²) in [6.45, 7) is 2.50. The molecule has 9 heteroatoms. The number of urea groups is 1. The van der Waals surface area contributed by atoms with Gasteiger partial charge in [0.2, 0.25) is 5.96 Å². The van der Waals surface area contributed by atoms with E-state index in [4.69, 9.17) is 21.9 Å². The number of ether oxygens (including phenoxy) is 1. The number of benzene rings is 1. The molecule has 1 aromatic rings. The van der Waals surface area contributed by atoms with E-state index in [0.29, 0.717) is 17.9 Å². The molecule has 0 heterocycles. The summed E-state index contributed by atoms with van der Waals surface area (Å²) < 4.78 is 6.54. The highest BCUT2D eigenvalue weighted by Gasteiger charge is 2.52. The molecule has 5 rings (SSSR count). The smallest absolute Gasteiger partial charge is 0.319 e. The van der Waals surface area contributed by atoms with Crippen molar-refractivity contribution in [1.82, 2.24) is 5.32 Å². The number of hydrogen-bond acceptors (Lipinski definition) is 3. The van der Waals surface area contributed by atoms with Crippen molar-refractivity contribution in [1.29, 1.82) is 0 Å². The Morgan fingerprint density at radius 2 is 1.81 bits per heavy atom. The molecule has 1 aromatic carbocycles. The SMILES string of the molecule is CC(CNC(=O)Nc1cccc(N=C(N)N=C(N)N)c1)OC12CC3CC(CC(C3)C1)C2. The Morgan fingerprint density at radius 1 is 1.16 bits per heavy atom. The Kier molecular flexibility index (Phi) is 6.04. The van der Waals surface area contributed by atoms with E-state index < -0.39 is 0 Å². The predicted molar refractivity (Wildman–Crippen MR) is 122 cm³/mol. The zero-order chi connectivity index (χ0) is 22.0. The highest BCUT2D eigenvalue weighted by Crippen LogP contribution is 2.57. The third kappa shape index (κ3) is 5.46. The fourth-order valence-corrected chi connectivity index (χ4v) is 6.00. The van der Waals surface area contributed by atoms with E-state index in [1.807, 2.05) is 6.92 Å². The van der Waals surface area contributed by atoms with Gasteiger partial charge in [-0.15, -0.1) is 0 Å². The van der Waals surface area contributed by atoms with Crippen LogP contribution in [0.4, 0.5) is 16.2 Å². The molecule has 0 aliphatic heterocycles. The van der Waals surface area contributed by atoms with Gasteiger partial charge in [0.05, 0.1) is 17.4 Å². The molecule has 0 aromatic heterocycles. The zero-order valence-corrected chi connectivity index (χ0v) is 18.0. The van der Waals surface area contributed by atoms with Crippen LogP contribution < -0.4 is 27.8 Å². The maximum absolute atomic E-state index is 12.4. The number of anilines is 1. The average Bonchev–Trinajstić information content (AvgIpc) is 2.64. The first kappa shape index (κ1) is 21.4. The van der Waals surface area contributed by atoms with Gasteiger partial charge in [-0.05, 0) is 81.4 Å². The molecule has 4 fully saturated rings. The number of hydrogen-bond donors (Lipinski definition) is 5. The zero-order valence-electron chi connectivity index (χ0n) is 18.0. The van der Waals surface area contributed by atoms with Crippen molar-refractivity contribution >= 4 is 29.3 Å². The summed E-state index contributed by atoms with van der Waals surface area (Å²) in [6, 6.07) is 6.66. The fraction of sp³-hybridized carbons (Fsp3) is 0.591. The molecular formula is C22H33N7O2. The normalized spacial score (nSPS) is 30.0. The molecule has 0 saturated heterocycles. The second-order valence-electron chi connectivity index (χ2n) is 9.42. The minimum Gasteiger partial charge on any atom is -0.370 e. The van der Waals surface area contributed by atoms with Gasteiger partial charge < -0.3 is 32.6 Å². The van der Waals surface area contributed by atoms with Crippen LogP contribution in [0.3, 0.4) is 0 Å². The minimum absolute atomic E-state index is 0.0303. The van der Waals surface area contributed by atoms with Crippen LogP contribution in [0.15, 0.2) is 34.3 Å². The van der Waals surface area contributed by atoms with Crippen molar-refractivity contribution in [2.75, 3.05) is 11.9 Å². The third-order valence-corrected chi connectivity index (χ3v) is 6.57. The van der Waals surface area contributed by atoms with E-state index in [1.54, 1.807) is 24.3 Å². The number of nitrogens with one attached hydrogen (secondary N) is 2. The van der Waals surface area contributed by atoms with Crippen LogP contribution in [-0.4, -0.2) is 36.2 Å². The summed E-state index contributed by atoms with van der Waals surface area (Å²) in [6.07, 6.45) is 7.69. The Bertz CT molecular complexity index is 843. The van der Waals surface area contributed by atoms with Crippen molar-refractivity contribution in [3.63, 3.8) is 0 Å². The van der Waals surface area contributed by atoms with Gasteiger partial charge in [-0.1, -0.05) is 6.07 Å². The lowest BCUT2D eigenvalue weighted by atomic mass is 9.54. The molecule has 4 aliphatic rings. The van der Waals surface area contributed by atoms with E-state index in [-0.39, 0.29) is 29.7 Å². The molecule has 0 spiro atoms. The number of rotatable bonds is 6. The lowest BCUT2D eigenvalue weighted by Crippen LogP contribution is -2.54. The Labute approximate surface area is 182 Å². The van der Waals surface area contributed by atoms with Crippen LogP contribution in [-0.2, 0) is 4.74 Å². The standard InChI is InChI=1S/C22H33N7O2/c1-13(31-22-9-14-5-15(10-22)7-16(6-14)11-22)12-26-21(30)28-18-4-2-3-17(8-18)27-20(25)29-19(23)24/h2-4,8,13-16H,5-7,9-12H2,1H3,(H2,26,28,30)(H6,23,24,25,27,29). The lowest BCUT2D eigenvalue weighted by Gasteiger charge is -2.57. The van der Waals surface area contributed by atoms with E-state index in [0.717, 1.165) is 17.8 Å². The van der Waals surface area contributed by atoms with Crippen LogP contribution in [0.2, 0.25) is 0 Å². The maximum Gasteiger partial charge on any atom is 0.319 e. The Balaban J connectivity index is 1.27. The van der Waals surface area contributed by atoms with Gasteiger partial charge in [0.15, 0.2) is 5.96 Å². The van der Waals surface area contributed by atoms with Crippen molar-refractivity contribution in [3.8, 4) is 0 Å². The first-order valence-electron chi connectivity index (χ1n) is 11.0. The predicted octanol–water partition coefficient (Wildman–Crippen LogP) is 2.40. The molecule has 8 N–H and O–H groups in total. The molecular weight excluding hydrogens is 394 g/mol. The van der Waals surface area contributed by atoms with Gasteiger partial charge in [-0.3, -0.25) is 0 Å². The number of nitrogens with two attached hydrogens (primary N) is 3. The van der Waals surface area contributed by atoms with E-state index in [9.17, 15) is 4.79 Å². The summed E-state index contributed by atoms with van der Waals surface area (Å²) >= 11 is 0. The van der Waals surface area contributed by atoms with Crippen LogP contribution in [0, 0.1) is 17.8 Å². The highest BCUT2D eigenvalue weighted by atomic mass is 16.5. The molecule has 4 aliphatic carbocycles. The van der Waals surface area contributed by atoms with Crippen molar-refractivity contribution < 1.29 is 9.53 Å². The van der Waals surface area contributed by atoms with Gasteiger partial charge in [0.1, 0.15) is 0 Å². The molecule has 9 nitrogen and oxygen atoms in total. The monoisotopic (exact) mass is 427 g/mol. The molecule has 31 heavy (non-hydrogen) atoms. The van der Waals surface area contributed by atoms with Crippen LogP contribution >= 0.6 is 0 Å². The van der Waals surface area contributed by atoms with Gasteiger partial charge in [0.25, 0.3) is 0 Å². The number of carbonyl (C=O) groups excluding carboxylic acids is 1. The van der Waals surface area contributed by atoms with E-state index in [2.05, 4.69) is 20.6 Å². The Hall–Kier alpha value is -2.81. The highest BCUT2D eigenvalue weighted by molar-refractivity contribution is 5.94. The van der Waals surface area contributed by atoms with Gasteiger partial charge >= 0.3 is 6.03 Å². The van der Waals surface area contributed by atoms with Gasteiger partial charge in [-0.2, -0.15) is 4.99 Å². The molecule has 0 radical (unpaired) electrons. The number of carbonyl (C=O) groups is 1. The topological polar surface area (TPSA) is 153 Å². The first-order valence-corrected chi connectivity index (χ1v) is 11.0. The van der Waals surface area contributed by atoms with Crippen molar-refractivity contribution in [2.24, 2.45) is 44.9 Å². The van der Waals surface area contributed by atoms with Crippen LogP contribution in [0.25, 0.3) is 0 Å². The second kappa shape index (κ2) is 8.74. The number of guanidine groups is 2. The quantitative estimate of drug-likeness (QED) is 0.348. The lowest BCUT2D eigenvalue weighted by molar-refractivity contribution is -0.182. The number of amides is 2. The van der Waals surface area contributed by atoms with Gasteiger partial charge in [-0.25, -0.2) is 9.79 Å². The molecule has 168 valence electrons. The van der Waals surface area contributed by atoms with Crippen LogP contribution in [0.5, 0.6) is 0 Å². The first-order chi connectivity index (χ1) is 14.8. The molecule has 4 saturated carbocycles. The fourth-order valence-electron chi connectivity index (χ4n) is 6.00. The summed E-state index contributed by atoms with van der Waals surface area (Å²) in [4.78, 5) is 20.1. The minimum atomic E-state index is -0.292. The molecule has 2 amide bonds. The molecule has 4 bridgehead atoms. The average molecular weight is 428 g/mol. The summed E-state index contributed by atoms with van der Waals surface area (Å²) in [5.41, 5.74) is 17.4. The maximum atomic E-state index is 12.4. The summed E-state index contributed by atoms with van der Waals surface area (Å²) in [5, 5.41) is 5.72. The summed E-state index contributed by atoms with van der Waals surface area (Å²) in [5.74, 6) is 2.29. The van der Waals surface area contributed by atoms with Gasteiger partial charge in [0, 0.05) is 12.2 Å². The molecule has 1 unspecified atom stereocenters. The number of aliphatic imine (C=N–C) groups is 2. The largest absolute Gasteiger partial charge is 0.370 e. The van der Waals surface area contributed by atoms with E-state index in [1.165, 1.54) is 38.5 Å². The second-order valence-corrected chi connectivity index (χ2v) is 9.42. The Morgan fingerprint density at radius 3 is 2.42 bits per heavy atom. The summed E-state index contributed by atoms with van der Waals surface area (Å²) in [7, 11) is 0. The van der Waals surface area contributed by atoms with Crippen molar-refractivity contribution in [3.05, 3.63) is 24.3 Å². The van der Waals surface area contributed by atoms with E-state index >= 15 is 0 Å². The van der Waals surface area contributed by atoms with Crippen LogP contribution in [0.1, 0.15) is 45.4 Å². The number of nitrogens with zero attached hydrogens (tertiary/aromatic N) is 2. The molecule has 1 atom stereocenters.